The van der Waals surface area contributed by atoms with Crippen LogP contribution in [0.5, 0.6) is 11.5 Å². The van der Waals surface area contributed by atoms with Crippen molar-refractivity contribution in [1.29, 1.82) is 0 Å². The van der Waals surface area contributed by atoms with Crippen LogP contribution in [0.15, 0.2) is 116 Å². The standard InChI is InChI=1S/C38H40Br2N4O4/c39-33-19-21-35(47-27-29-13-7-5-8-14-29)31(23-33)25-41-43-37(45)17-11-3-1-2-4-12-18-38(46)44-42-26-32-24-34(40)20-22-36(32)48-28-30-15-9-6-10-16-30/h5-10,13-16,19-26H,1-4,11-12,17-18,27-28H2,(H,43,45)(H,44,46)/b41-25-,42-26-. The van der Waals surface area contributed by atoms with E-state index in [0.717, 1.165) is 69.7 Å². The van der Waals surface area contributed by atoms with E-state index in [0.29, 0.717) is 37.6 Å². The second-order valence-electron chi connectivity index (χ2n) is 11.1. The molecule has 0 aliphatic rings. The zero-order valence-electron chi connectivity index (χ0n) is 26.7. The Morgan fingerprint density at radius 1 is 0.562 bits per heavy atom. The fourth-order valence-electron chi connectivity index (χ4n) is 4.71. The van der Waals surface area contributed by atoms with Crippen LogP contribution in [0.2, 0.25) is 0 Å². The first-order valence-electron chi connectivity index (χ1n) is 16.0. The quantitative estimate of drug-likeness (QED) is 0.0564. The fraction of sp³-hybridized carbons (Fsp3) is 0.263. The molecule has 0 fully saturated rings. The van der Waals surface area contributed by atoms with E-state index in [1.807, 2.05) is 97.1 Å². The van der Waals surface area contributed by atoms with Crippen LogP contribution >= 0.6 is 31.9 Å². The molecule has 0 aromatic heterocycles. The van der Waals surface area contributed by atoms with Crippen molar-refractivity contribution in [3.8, 4) is 11.5 Å². The number of unbranched alkanes of at least 4 members (excludes halogenated alkanes) is 5. The van der Waals surface area contributed by atoms with Crippen LogP contribution in [0.3, 0.4) is 0 Å². The van der Waals surface area contributed by atoms with E-state index in [1.165, 1.54) is 0 Å². The van der Waals surface area contributed by atoms with Crippen LogP contribution in [0.4, 0.5) is 0 Å². The maximum atomic E-state index is 12.3. The molecule has 0 atom stereocenters. The number of rotatable bonds is 19. The second kappa shape index (κ2) is 20.8. The van der Waals surface area contributed by atoms with Crippen molar-refractivity contribution >= 4 is 56.1 Å². The van der Waals surface area contributed by atoms with Gasteiger partial charge in [0.2, 0.25) is 11.8 Å². The molecule has 48 heavy (non-hydrogen) atoms. The van der Waals surface area contributed by atoms with E-state index in [2.05, 4.69) is 52.9 Å². The second-order valence-corrected chi connectivity index (χ2v) is 13.0. The summed E-state index contributed by atoms with van der Waals surface area (Å²) < 4.78 is 13.7. The number of hydrogen-bond acceptors (Lipinski definition) is 6. The number of hydrazone groups is 2. The summed E-state index contributed by atoms with van der Waals surface area (Å²) in [4.78, 5) is 24.6. The van der Waals surface area contributed by atoms with Crippen LogP contribution in [0.25, 0.3) is 0 Å². The topological polar surface area (TPSA) is 101 Å². The largest absolute Gasteiger partial charge is 0.488 e. The molecule has 0 saturated heterocycles. The van der Waals surface area contributed by atoms with Gasteiger partial charge in [-0.25, -0.2) is 10.9 Å². The molecule has 4 rings (SSSR count). The fourth-order valence-corrected chi connectivity index (χ4v) is 5.47. The van der Waals surface area contributed by atoms with Gasteiger partial charge in [-0.15, -0.1) is 0 Å². The summed E-state index contributed by atoms with van der Waals surface area (Å²) in [5.74, 6) is 1.13. The lowest BCUT2D eigenvalue weighted by Gasteiger charge is -2.09. The van der Waals surface area contributed by atoms with Crippen LogP contribution in [-0.4, -0.2) is 24.2 Å². The summed E-state index contributed by atoms with van der Waals surface area (Å²) in [6, 6.07) is 31.2. The van der Waals surface area contributed by atoms with Crippen molar-refractivity contribution in [2.24, 2.45) is 10.2 Å². The molecule has 0 radical (unpaired) electrons. The van der Waals surface area contributed by atoms with Gasteiger partial charge in [-0.3, -0.25) is 9.59 Å². The first kappa shape index (κ1) is 36.6. The summed E-state index contributed by atoms with van der Waals surface area (Å²) in [7, 11) is 0. The highest BCUT2D eigenvalue weighted by molar-refractivity contribution is 9.10. The lowest BCUT2D eigenvalue weighted by atomic mass is 10.1. The van der Waals surface area contributed by atoms with E-state index in [9.17, 15) is 9.59 Å². The number of nitrogens with zero attached hydrogens (tertiary/aromatic N) is 2. The van der Waals surface area contributed by atoms with Gasteiger partial charge in [-0.1, -0.05) is 118 Å². The van der Waals surface area contributed by atoms with Crippen molar-refractivity contribution < 1.29 is 19.1 Å². The van der Waals surface area contributed by atoms with E-state index in [1.54, 1.807) is 12.4 Å². The zero-order chi connectivity index (χ0) is 33.8. The number of benzene rings is 4. The normalized spacial score (nSPS) is 11.1. The maximum Gasteiger partial charge on any atom is 0.240 e. The smallest absolute Gasteiger partial charge is 0.240 e. The summed E-state index contributed by atoms with van der Waals surface area (Å²) in [6.07, 6.45) is 9.48. The molecule has 0 saturated carbocycles. The first-order valence-corrected chi connectivity index (χ1v) is 17.6. The minimum Gasteiger partial charge on any atom is -0.488 e. The first-order chi connectivity index (χ1) is 23.5. The third-order valence-electron chi connectivity index (χ3n) is 7.26. The summed E-state index contributed by atoms with van der Waals surface area (Å²) in [5, 5.41) is 8.28. The summed E-state index contributed by atoms with van der Waals surface area (Å²) >= 11 is 6.96. The third-order valence-corrected chi connectivity index (χ3v) is 8.25. The van der Waals surface area contributed by atoms with Crippen molar-refractivity contribution in [2.45, 2.75) is 64.6 Å². The zero-order valence-corrected chi connectivity index (χ0v) is 29.9. The average Bonchev–Trinajstić information content (AvgIpc) is 3.09. The molecular formula is C38H40Br2N4O4. The van der Waals surface area contributed by atoms with Gasteiger partial charge in [-0.05, 0) is 60.4 Å². The number of halogens is 2. The molecule has 0 unspecified atom stereocenters. The Kier molecular flexibility index (Phi) is 15.9. The van der Waals surface area contributed by atoms with Crippen LogP contribution in [0.1, 0.15) is 73.6 Å². The Bertz CT molecular complexity index is 1530. The Labute approximate surface area is 299 Å². The van der Waals surface area contributed by atoms with Gasteiger partial charge in [0.1, 0.15) is 24.7 Å². The highest BCUT2D eigenvalue weighted by Crippen LogP contribution is 2.24. The minimum absolute atomic E-state index is 0.122. The number of nitrogens with one attached hydrogen (secondary N) is 2. The predicted molar refractivity (Wildman–Crippen MR) is 198 cm³/mol. The van der Waals surface area contributed by atoms with Gasteiger partial charge in [0.25, 0.3) is 0 Å². The Hall–Kier alpha value is -4.28. The number of amides is 2. The number of carbonyl (C=O) groups excluding carboxylic acids is 2. The lowest BCUT2D eigenvalue weighted by Crippen LogP contribution is -2.17. The summed E-state index contributed by atoms with van der Waals surface area (Å²) in [6.45, 7) is 0.884. The van der Waals surface area contributed by atoms with E-state index >= 15 is 0 Å². The molecule has 10 heteroatoms. The lowest BCUT2D eigenvalue weighted by molar-refractivity contribution is -0.122. The Morgan fingerprint density at radius 2 is 0.958 bits per heavy atom. The molecule has 0 aliphatic heterocycles. The Morgan fingerprint density at radius 3 is 1.38 bits per heavy atom. The van der Waals surface area contributed by atoms with Crippen LogP contribution in [0, 0.1) is 0 Å². The Balaban J connectivity index is 1.06. The van der Waals surface area contributed by atoms with Crippen molar-refractivity contribution in [3.05, 3.63) is 128 Å². The van der Waals surface area contributed by atoms with Crippen molar-refractivity contribution in [1.82, 2.24) is 10.9 Å². The number of carbonyl (C=O) groups is 2. The van der Waals surface area contributed by atoms with E-state index in [-0.39, 0.29) is 11.8 Å². The van der Waals surface area contributed by atoms with Crippen LogP contribution < -0.4 is 20.3 Å². The van der Waals surface area contributed by atoms with Gasteiger partial charge < -0.3 is 9.47 Å². The molecule has 250 valence electrons. The number of ether oxygens (including phenoxy) is 2. The van der Waals surface area contributed by atoms with Crippen LogP contribution in [-0.2, 0) is 22.8 Å². The molecule has 0 heterocycles. The van der Waals surface area contributed by atoms with Gasteiger partial charge in [0, 0.05) is 32.9 Å². The van der Waals surface area contributed by atoms with Crippen molar-refractivity contribution in [3.63, 3.8) is 0 Å². The minimum atomic E-state index is -0.122. The van der Waals surface area contributed by atoms with Gasteiger partial charge in [0.15, 0.2) is 0 Å². The van der Waals surface area contributed by atoms with E-state index in [4.69, 9.17) is 9.47 Å². The molecule has 8 nitrogen and oxygen atoms in total. The van der Waals surface area contributed by atoms with Crippen molar-refractivity contribution in [2.75, 3.05) is 0 Å². The van der Waals surface area contributed by atoms with Gasteiger partial charge >= 0.3 is 0 Å². The molecule has 2 amide bonds. The molecule has 4 aromatic rings. The highest BCUT2D eigenvalue weighted by Gasteiger charge is 2.07. The summed E-state index contributed by atoms with van der Waals surface area (Å²) in [5.41, 5.74) is 8.91. The number of hydrogen-bond donors (Lipinski definition) is 2. The molecule has 2 N–H and O–H groups in total. The maximum absolute atomic E-state index is 12.3. The monoisotopic (exact) mass is 774 g/mol. The van der Waals surface area contributed by atoms with Gasteiger partial charge in [-0.2, -0.15) is 10.2 Å². The van der Waals surface area contributed by atoms with E-state index < -0.39 is 0 Å². The third kappa shape index (κ3) is 13.8. The molecule has 4 aromatic carbocycles. The molecule has 0 bridgehead atoms. The predicted octanol–water partition coefficient (Wildman–Crippen LogP) is 9.09. The SMILES string of the molecule is O=C(CCCCCCCCC(=O)N/N=C\c1cc(Br)ccc1OCc1ccccc1)N/N=C\c1cc(Br)ccc1OCc1ccccc1. The average molecular weight is 777 g/mol. The van der Waals surface area contributed by atoms with Gasteiger partial charge in [0.05, 0.1) is 12.4 Å². The molecular weight excluding hydrogens is 736 g/mol. The highest BCUT2D eigenvalue weighted by atomic mass is 79.9. The molecule has 0 aliphatic carbocycles. The molecule has 0 spiro atoms.